The Kier molecular flexibility index (Phi) is 10.1. The molecule has 15 nitrogen and oxygen atoms in total. The number of benzene rings is 3. The smallest absolute Gasteiger partial charge is 0.467 e. The summed E-state index contributed by atoms with van der Waals surface area (Å²) in [5, 5.41) is 12.5. The number of methoxy groups -OCH3 is 1. The first kappa shape index (κ1) is 40.0. The summed E-state index contributed by atoms with van der Waals surface area (Å²) in [4.78, 5) is 45.3. The van der Waals surface area contributed by atoms with E-state index < -0.39 is 24.2 Å². The van der Waals surface area contributed by atoms with E-state index >= 15 is 0 Å². The number of hydrogen-bond acceptors (Lipinski definition) is 11. The van der Waals surface area contributed by atoms with Gasteiger partial charge in [0.1, 0.15) is 0 Å². The van der Waals surface area contributed by atoms with Crippen molar-refractivity contribution in [2.45, 2.75) is 76.5 Å². The van der Waals surface area contributed by atoms with Crippen LogP contribution in [0, 0.1) is 0 Å². The number of piperazine rings is 1. The van der Waals surface area contributed by atoms with Gasteiger partial charge in [-0.1, -0.05) is 30.3 Å². The predicted molar refractivity (Wildman–Crippen MR) is 231 cm³/mol. The second-order valence-electron chi connectivity index (χ2n) is 17.6. The van der Waals surface area contributed by atoms with Crippen LogP contribution in [0.2, 0.25) is 0 Å². The third kappa shape index (κ3) is 6.97. The van der Waals surface area contributed by atoms with Gasteiger partial charge in [-0.05, 0) is 93.9 Å². The van der Waals surface area contributed by atoms with Gasteiger partial charge < -0.3 is 23.8 Å². The van der Waals surface area contributed by atoms with E-state index in [-0.39, 0.29) is 23.5 Å². The topological polar surface area (TPSA) is 141 Å². The highest BCUT2D eigenvalue weighted by molar-refractivity contribution is 6.64. The molecule has 1 N–H and O–H groups in total. The molecule has 1 unspecified atom stereocenters. The van der Waals surface area contributed by atoms with Gasteiger partial charge >= 0.3 is 18.8 Å². The lowest BCUT2D eigenvalue weighted by Gasteiger charge is -2.44. The third-order valence-corrected chi connectivity index (χ3v) is 13.5. The Morgan fingerprint density at radius 1 is 0.783 bits per heavy atom. The van der Waals surface area contributed by atoms with Gasteiger partial charge in [0.25, 0.3) is 0 Å². The Bertz CT molecular complexity index is 2490. The van der Waals surface area contributed by atoms with Crippen molar-refractivity contribution in [2.24, 2.45) is 14.1 Å². The Morgan fingerprint density at radius 3 is 2.13 bits per heavy atom. The number of nitrogens with zero attached hydrogens (tertiary/aromatic N) is 8. The highest BCUT2D eigenvalue weighted by Gasteiger charge is 2.52. The minimum Gasteiger partial charge on any atom is -0.467 e. The maximum Gasteiger partial charge on any atom is 0.495 e. The van der Waals surface area contributed by atoms with E-state index in [9.17, 15) is 14.4 Å². The van der Waals surface area contributed by atoms with Gasteiger partial charge in [-0.25, -0.2) is 14.0 Å². The van der Waals surface area contributed by atoms with Crippen molar-refractivity contribution in [3.63, 3.8) is 0 Å². The van der Waals surface area contributed by atoms with Crippen molar-refractivity contribution in [3.05, 3.63) is 76.8 Å². The second-order valence-corrected chi connectivity index (χ2v) is 17.6. The first-order chi connectivity index (χ1) is 28.7. The number of aromatic nitrogens is 5. The zero-order valence-corrected chi connectivity index (χ0v) is 35.6. The Hall–Kier alpha value is -5.45. The molecule has 0 spiro atoms. The fourth-order valence-corrected chi connectivity index (χ4v) is 9.38. The van der Waals surface area contributed by atoms with Gasteiger partial charge in [0, 0.05) is 76.9 Å². The van der Waals surface area contributed by atoms with Crippen LogP contribution in [-0.4, -0.2) is 112 Å². The van der Waals surface area contributed by atoms with Gasteiger partial charge in [-0.3, -0.25) is 24.5 Å². The molecule has 0 aliphatic carbocycles. The second kappa shape index (κ2) is 15.2. The minimum atomic E-state index is -0.589. The molecular weight excluding hydrogens is 761 g/mol. The zero-order chi connectivity index (χ0) is 42.1. The van der Waals surface area contributed by atoms with E-state index in [1.807, 2.05) is 63.7 Å². The lowest BCUT2D eigenvalue weighted by Crippen LogP contribution is -2.53. The van der Waals surface area contributed by atoms with Crippen LogP contribution >= 0.6 is 0 Å². The van der Waals surface area contributed by atoms with E-state index in [2.05, 4.69) is 61.5 Å². The highest BCUT2D eigenvalue weighted by atomic mass is 16.7. The van der Waals surface area contributed by atoms with Crippen molar-refractivity contribution in [1.82, 2.24) is 34.3 Å². The maximum absolute atomic E-state index is 13.1. The number of carbonyl (C=O) groups excluding carboxylic acids is 2. The number of ether oxygens (including phenoxy) is 1. The molecular formula is C44H54BN9O6. The zero-order valence-electron chi connectivity index (χ0n) is 35.6. The minimum absolute atomic E-state index is 0.210. The standard InChI is InChI=1S/C44H54BN9O6/c1-43(2)44(3,4)60-45(59-43)35-17-15-31(54-41(58-7)48-50(6)42(54)57)27-34(35)28-11-13-29(14-12-28)51-21-19-30(20-22-51)52-23-25-53(26-24-52)36-10-8-9-32-38(47-49(5)39(32)36)33-16-18-37(55)46-40(33)56/h8-15,17,27,30,33H,16,18-26H2,1-7H3,(H,46,55,56). The number of aryl methyl sites for hydroxylation is 2. The molecule has 5 aromatic rings. The molecule has 2 amide bonds. The lowest BCUT2D eigenvalue weighted by molar-refractivity contribution is -0.134. The molecule has 4 saturated heterocycles. The fourth-order valence-electron chi connectivity index (χ4n) is 9.38. The summed E-state index contributed by atoms with van der Waals surface area (Å²) < 4.78 is 23.1. The summed E-state index contributed by atoms with van der Waals surface area (Å²) in [6, 6.07) is 21.5. The predicted octanol–water partition coefficient (Wildman–Crippen LogP) is 3.74. The van der Waals surface area contributed by atoms with Gasteiger partial charge in [-0.15, -0.1) is 5.10 Å². The number of anilines is 2. The molecule has 1 atom stereocenters. The van der Waals surface area contributed by atoms with Crippen LogP contribution in [0.1, 0.15) is 65.0 Å². The van der Waals surface area contributed by atoms with Gasteiger partial charge in [0.2, 0.25) is 11.8 Å². The molecule has 2 aromatic heterocycles. The quantitative estimate of drug-likeness (QED) is 0.181. The number of imide groups is 1. The molecule has 4 aliphatic rings. The molecule has 16 heteroatoms. The molecule has 0 saturated carbocycles. The van der Waals surface area contributed by atoms with Gasteiger partial charge in [0.05, 0.1) is 46.8 Å². The number of hydrogen-bond donors (Lipinski definition) is 1. The number of rotatable bonds is 8. The number of amides is 2. The summed E-state index contributed by atoms with van der Waals surface area (Å²) in [6.07, 6.45) is 2.99. The van der Waals surface area contributed by atoms with Crippen LogP contribution in [0.15, 0.2) is 65.5 Å². The number of piperidine rings is 2. The van der Waals surface area contributed by atoms with E-state index in [4.69, 9.17) is 19.1 Å². The van der Waals surface area contributed by atoms with E-state index in [0.29, 0.717) is 24.6 Å². The van der Waals surface area contributed by atoms with Crippen molar-refractivity contribution < 1.29 is 23.6 Å². The molecule has 3 aromatic carbocycles. The average Bonchev–Trinajstić information content (AvgIpc) is 3.82. The first-order valence-corrected chi connectivity index (χ1v) is 21.1. The van der Waals surface area contributed by atoms with Crippen LogP contribution in [-0.2, 0) is 33.0 Å². The molecule has 4 fully saturated rings. The summed E-state index contributed by atoms with van der Waals surface area (Å²) in [5.41, 5.74) is 6.20. The number of para-hydroxylation sites is 1. The number of fused-ring (bicyclic) bond motifs is 1. The Balaban J connectivity index is 0.876. The van der Waals surface area contributed by atoms with Crippen LogP contribution < -0.4 is 31.0 Å². The van der Waals surface area contributed by atoms with Crippen molar-refractivity contribution in [1.29, 1.82) is 0 Å². The molecule has 60 heavy (non-hydrogen) atoms. The van der Waals surface area contributed by atoms with E-state index in [1.54, 1.807) is 7.05 Å². The fraction of sp³-hybridized carbons (Fsp3) is 0.477. The Labute approximate surface area is 350 Å². The third-order valence-electron chi connectivity index (χ3n) is 13.5. The molecule has 0 radical (unpaired) electrons. The van der Waals surface area contributed by atoms with Gasteiger partial charge in [-0.2, -0.15) is 5.10 Å². The molecule has 9 rings (SSSR count). The van der Waals surface area contributed by atoms with Gasteiger partial charge in [0.15, 0.2) is 0 Å². The lowest BCUT2D eigenvalue weighted by atomic mass is 9.74. The van der Waals surface area contributed by atoms with Crippen molar-refractivity contribution in [2.75, 3.05) is 56.2 Å². The largest absolute Gasteiger partial charge is 0.495 e. The molecule has 0 bridgehead atoms. The Morgan fingerprint density at radius 2 is 1.47 bits per heavy atom. The van der Waals surface area contributed by atoms with Crippen molar-refractivity contribution in [3.8, 4) is 22.8 Å². The average molecular weight is 816 g/mol. The molecule has 4 aliphatic heterocycles. The first-order valence-electron chi connectivity index (χ1n) is 21.1. The summed E-state index contributed by atoms with van der Waals surface area (Å²) in [6.45, 7) is 13.9. The normalized spacial score (nSPS) is 21.2. The molecule has 314 valence electrons. The van der Waals surface area contributed by atoms with Crippen LogP contribution in [0.25, 0.3) is 27.7 Å². The summed E-state index contributed by atoms with van der Waals surface area (Å²) in [7, 11) is 4.47. The summed E-state index contributed by atoms with van der Waals surface area (Å²) >= 11 is 0. The monoisotopic (exact) mass is 815 g/mol. The van der Waals surface area contributed by atoms with Crippen LogP contribution in [0.4, 0.5) is 11.4 Å². The number of nitrogens with one attached hydrogen (secondary N) is 1. The summed E-state index contributed by atoms with van der Waals surface area (Å²) in [5.74, 6) is -0.895. The van der Waals surface area contributed by atoms with E-state index in [0.717, 1.165) is 91.0 Å². The van der Waals surface area contributed by atoms with E-state index in [1.165, 1.54) is 22.0 Å². The van der Waals surface area contributed by atoms with Crippen LogP contribution in [0.5, 0.6) is 6.01 Å². The molecule has 6 heterocycles. The maximum atomic E-state index is 13.1. The van der Waals surface area contributed by atoms with Crippen molar-refractivity contribution >= 4 is 46.7 Å². The number of carbonyl (C=O) groups is 2. The SMILES string of the molecule is COc1nn(C)c(=O)n1-c1ccc(B2OC(C)(C)C(C)(C)O2)c(-c2ccc(N3CCC(N4CCN(c5cccc6c(C7CCC(=O)NC7=O)nn(C)c56)CC4)CC3)cc2)c1. The highest BCUT2D eigenvalue weighted by Crippen LogP contribution is 2.39. The van der Waals surface area contributed by atoms with Crippen LogP contribution in [0.3, 0.4) is 0 Å².